The van der Waals surface area contributed by atoms with E-state index in [-0.39, 0.29) is 0 Å². The maximum absolute atomic E-state index is 11.2. The molecule has 0 fully saturated rings. The standard InChI is InChI=1S/C12H11NO2S2/c14-11(15)10(17-12-13-6-7-16-12)8-9-4-2-1-3-5-9/h1-7,10H,8H2,(H,14,15). The van der Waals surface area contributed by atoms with Crippen molar-refractivity contribution >= 4 is 29.1 Å². The van der Waals surface area contributed by atoms with Crippen molar-refractivity contribution in [3.8, 4) is 0 Å². The lowest BCUT2D eigenvalue weighted by Crippen LogP contribution is -2.18. The van der Waals surface area contributed by atoms with Crippen molar-refractivity contribution in [2.45, 2.75) is 16.0 Å². The van der Waals surface area contributed by atoms with Gasteiger partial charge in [0.1, 0.15) is 5.25 Å². The Balaban J connectivity index is 2.06. The monoisotopic (exact) mass is 265 g/mol. The number of rotatable bonds is 5. The van der Waals surface area contributed by atoms with Crippen LogP contribution < -0.4 is 0 Å². The zero-order chi connectivity index (χ0) is 12.1. The molecule has 1 unspecified atom stereocenters. The maximum Gasteiger partial charge on any atom is 0.317 e. The van der Waals surface area contributed by atoms with E-state index in [1.54, 1.807) is 6.20 Å². The Bertz CT molecular complexity index is 471. The van der Waals surface area contributed by atoms with Gasteiger partial charge >= 0.3 is 5.97 Å². The second-order valence-electron chi connectivity index (χ2n) is 3.43. The van der Waals surface area contributed by atoms with Crippen molar-refractivity contribution in [3.05, 3.63) is 47.5 Å². The van der Waals surface area contributed by atoms with E-state index in [9.17, 15) is 9.90 Å². The molecule has 1 N–H and O–H groups in total. The fourth-order valence-corrected chi connectivity index (χ4v) is 3.24. The van der Waals surface area contributed by atoms with Crippen LogP contribution in [0.1, 0.15) is 5.56 Å². The third kappa shape index (κ3) is 3.57. The summed E-state index contributed by atoms with van der Waals surface area (Å²) in [6.07, 6.45) is 2.20. The lowest BCUT2D eigenvalue weighted by atomic mass is 10.1. The van der Waals surface area contributed by atoms with Gasteiger partial charge in [-0.2, -0.15) is 0 Å². The average Bonchev–Trinajstić information content (AvgIpc) is 2.82. The summed E-state index contributed by atoms with van der Waals surface area (Å²) in [7, 11) is 0. The summed E-state index contributed by atoms with van der Waals surface area (Å²) < 4.78 is 0.799. The molecule has 0 amide bonds. The van der Waals surface area contributed by atoms with Gasteiger partial charge in [-0.1, -0.05) is 42.1 Å². The maximum atomic E-state index is 11.2. The van der Waals surface area contributed by atoms with Crippen LogP contribution in [0.25, 0.3) is 0 Å². The number of hydrogen-bond donors (Lipinski definition) is 1. The summed E-state index contributed by atoms with van der Waals surface area (Å²) in [6, 6.07) is 9.65. The minimum absolute atomic E-state index is 0.483. The fraction of sp³-hybridized carbons (Fsp3) is 0.167. The molecule has 0 aliphatic rings. The molecule has 0 radical (unpaired) electrons. The molecule has 1 atom stereocenters. The molecule has 2 aromatic rings. The highest BCUT2D eigenvalue weighted by molar-refractivity contribution is 8.02. The van der Waals surface area contributed by atoms with Crippen LogP contribution in [0.4, 0.5) is 0 Å². The number of aromatic nitrogens is 1. The summed E-state index contributed by atoms with van der Waals surface area (Å²) in [6.45, 7) is 0. The first kappa shape index (κ1) is 12.1. The van der Waals surface area contributed by atoms with Gasteiger partial charge in [0.25, 0.3) is 0 Å². The molecule has 1 aromatic carbocycles. The number of nitrogens with zero attached hydrogens (tertiary/aromatic N) is 1. The third-order valence-corrected chi connectivity index (χ3v) is 4.29. The van der Waals surface area contributed by atoms with Crippen molar-refractivity contribution in [1.29, 1.82) is 0 Å². The lowest BCUT2D eigenvalue weighted by Gasteiger charge is -2.09. The first-order chi connectivity index (χ1) is 8.25. The Labute approximate surface area is 108 Å². The van der Waals surface area contributed by atoms with Crippen LogP contribution in [0, 0.1) is 0 Å². The molecule has 0 saturated heterocycles. The summed E-state index contributed by atoms with van der Waals surface area (Å²) >= 11 is 2.77. The quantitative estimate of drug-likeness (QED) is 0.844. The van der Waals surface area contributed by atoms with Crippen molar-refractivity contribution in [2.24, 2.45) is 0 Å². The zero-order valence-corrected chi connectivity index (χ0v) is 10.6. The predicted molar refractivity (Wildman–Crippen MR) is 69.5 cm³/mol. The molecule has 0 bridgehead atoms. The normalized spacial score (nSPS) is 12.2. The van der Waals surface area contributed by atoms with Crippen molar-refractivity contribution in [1.82, 2.24) is 4.98 Å². The zero-order valence-electron chi connectivity index (χ0n) is 8.95. The van der Waals surface area contributed by atoms with E-state index in [0.717, 1.165) is 9.90 Å². The summed E-state index contributed by atoms with van der Waals surface area (Å²) in [4.78, 5) is 15.3. The first-order valence-corrected chi connectivity index (χ1v) is 6.84. The largest absolute Gasteiger partial charge is 0.480 e. The van der Waals surface area contributed by atoms with Crippen LogP contribution in [0.3, 0.4) is 0 Å². The highest BCUT2D eigenvalue weighted by Crippen LogP contribution is 2.27. The Morgan fingerprint density at radius 1 is 1.41 bits per heavy atom. The summed E-state index contributed by atoms with van der Waals surface area (Å²) in [5.74, 6) is -0.797. The van der Waals surface area contributed by atoms with E-state index in [1.807, 2.05) is 35.7 Å². The number of thioether (sulfide) groups is 1. The van der Waals surface area contributed by atoms with Gasteiger partial charge in [0.15, 0.2) is 4.34 Å². The minimum atomic E-state index is -0.797. The molecule has 0 saturated carbocycles. The molecule has 1 aromatic heterocycles. The highest BCUT2D eigenvalue weighted by Gasteiger charge is 2.20. The summed E-state index contributed by atoms with van der Waals surface area (Å²) in [5.41, 5.74) is 1.03. The second kappa shape index (κ2) is 5.84. The highest BCUT2D eigenvalue weighted by atomic mass is 32.2. The molecule has 1 heterocycles. The van der Waals surface area contributed by atoms with Gasteiger partial charge < -0.3 is 5.11 Å². The van der Waals surface area contributed by atoms with Gasteiger partial charge in [-0.15, -0.1) is 11.3 Å². The van der Waals surface area contributed by atoms with E-state index in [2.05, 4.69) is 4.98 Å². The van der Waals surface area contributed by atoms with Crippen molar-refractivity contribution in [2.75, 3.05) is 0 Å². The molecular weight excluding hydrogens is 254 g/mol. The van der Waals surface area contributed by atoms with E-state index < -0.39 is 11.2 Å². The van der Waals surface area contributed by atoms with Crippen molar-refractivity contribution < 1.29 is 9.90 Å². The lowest BCUT2D eigenvalue weighted by molar-refractivity contribution is -0.136. The number of thiazole rings is 1. The second-order valence-corrected chi connectivity index (χ2v) is 5.78. The molecule has 0 spiro atoms. The van der Waals surface area contributed by atoms with Crippen LogP contribution in [0.5, 0.6) is 0 Å². The fourth-order valence-electron chi connectivity index (χ4n) is 1.40. The molecule has 0 aliphatic heterocycles. The van der Waals surface area contributed by atoms with Crippen LogP contribution in [0.2, 0.25) is 0 Å². The molecule has 88 valence electrons. The van der Waals surface area contributed by atoms with Gasteiger partial charge in [-0.25, -0.2) is 4.98 Å². The molecule has 5 heteroatoms. The molecule has 3 nitrogen and oxygen atoms in total. The first-order valence-electron chi connectivity index (χ1n) is 5.08. The number of carboxylic acid groups (broad SMARTS) is 1. The van der Waals surface area contributed by atoms with Crippen LogP contribution in [-0.2, 0) is 11.2 Å². The Hall–Kier alpha value is -1.33. The summed E-state index contributed by atoms with van der Waals surface area (Å²) in [5, 5.41) is 10.6. The van der Waals surface area contributed by atoms with E-state index >= 15 is 0 Å². The van der Waals surface area contributed by atoms with Crippen LogP contribution in [0.15, 0.2) is 46.2 Å². The topological polar surface area (TPSA) is 50.2 Å². The Morgan fingerprint density at radius 3 is 2.76 bits per heavy atom. The average molecular weight is 265 g/mol. The molecule has 0 aliphatic carbocycles. The van der Waals surface area contributed by atoms with Crippen LogP contribution in [-0.4, -0.2) is 21.3 Å². The predicted octanol–water partition coefficient (Wildman–Crippen LogP) is 2.93. The van der Waals surface area contributed by atoms with Gasteiger partial charge in [-0.05, 0) is 12.0 Å². The van der Waals surface area contributed by atoms with Crippen molar-refractivity contribution in [3.63, 3.8) is 0 Å². The number of carbonyl (C=O) groups is 1. The number of benzene rings is 1. The van der Waals surface area contributed by atoms with Gasteiger partial charge in [0.05, 0.1) is 0 Å². The van der Waals surface area contributed by atoms with Gasteiger partial charge in [-0.3, -0.25) is 4.79 Å². The number of carboxylic acids is 1. The van der Waals surface area contributed by atoms with Gasteiger partial charge in [0.2, 0.25) is 0 Å². The van der Waals surface area contributed by atoms with Crippen LogP contribution >= 0.6 is 23.1 Å². The third-order valence-electron chi connectivity index (χ3n) is 2.19. The molecular formula is C12H11NO2S2. The smallest absolute Gasteiger partial charge is 0.317 e. The van der Waals surface area contributed by atoms with E-state index in [4.69, 9.17) is 0 Å². The molecule has 2 rings (SSSR count). The Morgan fingerprint density at radius 2 is 2.18 bits per heavy atom. The number of hydrogen-bond acceptors (Lipinski definition) is 4. The SMILES string of the molecule is O=C(O)C(Cc1ccccc1)Sc1nccs1. The molecule has 17 heavy (non-hydrogen) atoms. The van der Waals surface area contributed by atoms with E-state index in [0.29, 0.717) is 6.42 Å². The Kier molecular flexibility index (Phi) is 4.17. The van der Waals surface area contributed by atoms with E-state index in [1.165, 1.54) is 23.1 Å². The van der Waals surface area contributed by atoms with Gasteiger partial charge in [0, 0.05) is 11.6 Å². The minimum Gasteiger partial charge on any atom is -0.480 e. The number of aliphatic carboxylic acids is 1.